The lowest BCUT2D eigenvalue weighted by Crippen LogP contribution is -2.33. The summed E-state index contributed by atoms with van der Waals surface area (Å²) in [7, 11) is 0. The van der Waals surface area contributed by atoms with Crippen LogP contribution in [0.4, 0.5) is 0 Å². The number of fused-ring (bicyclic) bond motifs is 2. The third-order valence-electron chi connectivity index (χ3n) is 6.15. The zero-order valence-electron chi connectivity index (χ0n) is 14.3. The highest BCUT2D eigenvalue weighted by molar-refractivity contribution is 7.97. The molecule has 2 aliphatic heterocycles. The molecule has 0 aromatic heterocycles. The normalized spacial score (nSPS) is 28.6. The summed E-state index contributed by atoms with van der Waals surface area (Å²) >= 11 is 7.96. The van der Waals surface area contributed by atoms with Crippen molar-refractivity contribution in [1.82, 2.24) is 9.21 Å². The van der Waals surface area contributed by atoms with E-state index in [2.05, 4.69) is 45.6 Å². The number of benzene rings is 2. The van der Waals surface area contributed by atoms with Gasteiger partial charge in [0, 0.05) is 42.6 Å². The predicted molar refractivity (Wildman–Crippen MR) is 105 cm³/mol. The van der Waals surface area contributed by atoms with E-state index in [9.17, 15) is 0 Å². The van der Waals surface area contributed by atoms with Gasteiger partial charge in [-0.05, 0) is 65.4 Å². The number of hydrogen-bond acceptors (Lipinski definition) is 3. The molecule has 2 aromatic carbocycles. The smallest absolute Gasteiger partial charge is 0.0406 e. The summed E-state index contributed by atoms with van der Waals surface area (Å²) < 4.78 is 2.52. The maximum atomic E-state index is 6.03. The summed E-state index contributed by atoms with van der Waals surface area (Å²) in [4.78, 5) is 4.13. The van der Waals surface area contributed by atoms with E-state index in [1.807, 2.05) is 24.1 Å². The molecule has 1 aliphatic carbocycles. The number of hydrogen-bond donors (Lipinski definition) is 0. The van der Waals surface area contributed by atoms with Crippen LogP contribution >= 0.6 is 23.5 Å². The molecule has 2 fully saturated rings. The molecular weight excluding hydrogens is 348 g/mol. The van der Waals surface area contributed by atoms with Crippen LogP contribution in [0, 0.1) is 11.8 Å². The molecular formula is C21H23ClN2S. The zero-order valence-corrected chi connectivity index (χ0v) is 15.8. The lowest BCUT2D eigenvalue weighted by atomic mass is 9.64. The molecule has 25 heavy (non-hydrogen) atoms. The second-order valence-corrected chi connectivity index (χ2v) is 9.22. The van der Waals surface area contributed by atoms with Crippen molar-refractivity contribution < 1.29 is 0 Å². The Morgan fingerprint density at radius 3 is 2.68 bits per heavy atom. The first-order chi connectivity index (χ1) is 12.3. The van der Waals surface area contributed by atoms with Gasteiger partial charge < -0.3 is 4.90 Å². The van der Waals surface area contributed by atoms with Crippen molar-refractivity contribution in [2.24, 2.45) is 11.8 Å². The highest BCUT2D eigenvalue weighted by Crippen LogP contribution is 2.51. The molecule has 0 radical (unpaired) electrons. The Morgan fingerprint density at radius 2 is 1.84 bits per heavy atom. The Bertz CT molecular complexity index is 738. The third kappa shape index (κ3) is 3.12. The average molecular weight is 371 g/mol. The summed E-state index contributed by atoms with van der Waals surface area (Å²) in [6, 6.07) is 17.3. The molecule has 130 valence electrons. The number of halogens is 1. The summed E-state index contributed by atoms with van der Waals surface area (Å²) in [5, 5.41) is 0.844. The standard InChI is InChI=1S/C21H23ClN2S/c22-18-7-5-15(6-8-18)19-11-17-12-23(14-20(17)19)9-10-24-13-16-3-1-2-4-21(16)25-24/h1-8,17,19-20H,9-14H2. The molecule has 2 heterocycles. The third-order valence-corrected chi connectivity index (χ3v) is 7.57. The Morgan fingerprint density at radius 1 is 1.00 bits per heavy atom. The number of rotatable bonds is 4. The van der Waals surface area contributed by atoms with Crippen molar-refractivity contribution in [2.45, 2.75) is 23.8 Å². The van der Waals surface area contributed by atoms with Crippen molar-refractivity contribution in [1.29, 1.82) is 0 Å². The molecule has 1 saturated heterocycles. The van der Waals surface area contributed by atoms with E-state index < -0.39 is 0 Å². The Kier molecular flexibility index (Phi) is 4.29. The predicted octanol–water partition coefficient (Wildman–Crippen LogP) is 4.90. The molecule has 3 aliphatic rings. The molecule has 0 amide bonds. The highest BCUT2D eigenvalue weighted by atomic mass is 35.5. The molecule has 0 spiro atoms. The van der Waals surface area contributed by atoms with Crippen LogP contribution in [-0.4, -0.2) is 35.4 Å². The van der Waals surface area contributed by atoms with Gasteiger partial charge in [-0.1, -0.05) is 41.9 Å². The average Bonchev–Trinajstić information content (AvgIpc) is 3.16. The fourth-order valence-corrected chi connectivity index (χ4v) is 5.91. The van der Waals surface area contributed by atoms with Crippen LogP contribution in [0.25, 0.3) is 0 Å². The van der Waals surface area contributed by atoms with Crippen molar-refractivity contribution >= 4 is 23.5 Å². The monoisotopic (exact) mass is 370 g/mol. The zero-order chi connectivity index (χ0) is 16.8. The van der Waals surface area contributed by atoms with Crippen molar-refractivity contribution in [3.8, 4) is 0 Å². The summed E-state index contributed by atoms with van der Waals surface area (Å²) in [6.45, 7) is 6.00. The van der Waals surface area contributed by atoms with Gasteiger partial charge in [-0.2, -0.15) is 0 Å². The lowest BCUT2D eigenvalue weighted by molar-refractivity contribution is 0.191. The minimum Gasteiger partial charge on any atom is -0.301 e. The molecule has 0 N–H and O–H groups in total. The van der Waals surface area contributed by atoms with Gasteiger partial charge >= 0.3 is 0 Å². The van der Waals surface area contributed by atoms with Crippen LogP contribution < -0.4 is 0 Å². The molecule has 2 nitrogen and oxygen atoms in total. The summed E-state index contributed by atoms with van der Waals surface area (Å²) in [5.41, 5.74) is 2.97. The Balaban J connectivity index is 1.14. The van der Waals surface area contributed by atoms with Gasteiger partial charge in [0.2, 0.25) is 0 Å². The van der Waals surface area contributed by atoms with Crippen molar-refractivity contribution in [3.05, 3.63) is 64.7 Å². The first-order valence-corrected chi connectivity index (χ1v) is 10.4. The second kappa shape index (κ2) is 6.62. The second-order valence-electron chi connectivity index (χ2n) is 7.64. The molecule has 0 bridgehead atoms. The first kappa shape index (κ1) is 16.2. The first-order valence-electron chi connectivity index (χ1n) is 9.25. The van der Waals surface area contributed by atoms with Crippen LogP contribution in [0.1, 0.15) is 23.5 Å². The largest absolute Gasteiger partial charge is 0.301 e. The SMILES string of the molecule is Clc1ccc(C2CC3CN(CCN4Cc5ccccc5S4)CC32)cc1. The van der Waals surface area contributed by atoms with Crippen LogP contribution in [0.15, 0.2) is 53.4 Å². The van der Waals surface area contributed by atoms with E-state index in [0.29, 0.717) is 0 Å². The lowest BCUT2D eigenvalue weighted by Gasteiger charge is -2.40. The molecule has 5 rings (SSSR count). The molecule has 2 aromatic rings. The maximum absolute atomic E-state index is 6.03. The minimum atomic E-state index is 0.748. The van der Waals surface area contributed by atoms with Gasteiger partial charge in [-0.25, -0.2) is 4.31 Å². The van der Waals surface area contributed by atoms with E-state index in [1.54, 1.807) is 0 Å². The van der Waals surface area contributed by atoms with E-state index in [4.69, 9.17) is 11.6 Å². The van der Waals surface area contributed by atoms with Crippen LogP contribution in [-0.2, 0) is 6.54 Å². The van der Waals surface area contributed by atoms with E-state index in [-0.39, 0.29) is 0 Å². The van der Waals surface area contributed by atoms with E-state index >= 15 is 0 Å². The number of nitrogens with zero attached hydrogens (tertiary/aromatic N) is 2. The van der Waals surface area contributed by atoms with Gasteiger partial charge in [-0.3, -0.25) is 0 Å². The molecule has 3 unspecified atom stereocenters. The number of likely N-dealkylation sites (tertiary alicyclic amines) is 1. The molecule has 3 atom stereocenters. The maximum Gasteiger partial charge on any atom is 0.0406 e. The van der Waals surface area contributed by atoms with Crippen molar-refractivity contribution in [3.63, 3.8) is 0 Å². The van der Waals surface area contributed by atoms with Crippen LogP contribution in [0.5, 0.6) is 0 Å². The quantitative estimate of drug-likeness (QED) is 0.707. The fourth-order valence-electron chi connectivity index (χ4n) is 4.74. The van der Waals surface area contributed by atoms with Crippen LogP contribution in [0.2, 0.25) is 5.02 Å². The van der Waals surface area contributed by atoms with E-state index in [1.165, 1.54) is 42.1 Å². The van der Waals surface area contributed by atoms with Gasteiger partial charge in [0.1, 0.15) is 0 Å². The van der Waals surface area contributed by atoms with E-state index in [0.717, 1.165) is 35.9 Å². The van der Waals surface area contributed by atoms with Crippen LogP contribution in [0.3, 0.4) is 0 Å². The highest BCUT2D eigenvalue weighted by Gasteiger charge is 2.47. The van der Waals surface area contributed by atoms with Gasteiger partial charge in [0.15, 0.2) is 0 Å². The van der Waals surface area contributed by atoms with Gasteiger partial charge in [0.05, 0.1) is 0 Å². The summed E-state index contributed by atoms with van der Waals surface area (Å²) in [6.07, 6.45) is 1.35. The fraction of sp³-hybridized carbons (Fsp3) is 0.429. The molecule has 1 saturated carbocycles. The van der Waals surface area contributed by atoms with Gasteiger partial charge in [-0.15, -0.1) is 0 Å². The minimum absolute atomic E-state index is 0.748. The molecule has 4 heteroatoms. The Hall–Kier alpha value is -1.00. The topological polar surface area (TPSA) is 6.48 Å². The van der Waals surface area contributed by atoms with Gasteiger partial charge in [0.25, 0.3) is 0 Å². The summed E-state index contributed by atoms with van der Waals surface area (Å²) in [5.74, 6) is 2.51. The Labute approximate surface area is 159 Å². The van der Waals surface area contributed by atoms with Crippen molar-refractivity contribution in [2.75, 3.05) is 26.2 Å².